The van der Waals surface area contributed by atoms with Crippen LogP contribution in [0.1, 0.15) is 16.1 Å². The van der Waals surface area contributed by atoms with Gasteiger partial charge in [0.1, 0.15) is 5.69 Å². The Morgan fingerprint density at radius 2 is 2.18 bits per heavy atom. The number of anilines is 1. The zero-order valence-corrected chi connectivity index (χ0v) is 12.8. The molecular weight excluding hydrogens is 304 g/mol. The van der Waals surface area contributed by atoms with E-state index in [0.29, 0.717) is 16.4 Å². The molecular formula is C15H17ClN4O2. The molecule has 2 heterocycles. The molecule has 1 aromatic heterocycles. The van der Waals surface area contributed by atoms with Gasteiger partial charge < -0.3 is 10.1 Å². The van der Waals surface area contributed by atoms with Crippen molar-refractivity contribution in [2.45, 2.75) is 6.54 Å². The average Bonchev–Trinajstić information content (AvgIpc) is 3.05. The first-order chi connectivity index (χ1) is 10.7. The number of carbonyl (C=O) groups excluding carboxylic acids is 1. The molecule has 116 valence electrons. The Labute approximate surface area is 133 Å². The Bertz CT molecular complexity index is 639. The molecule has 0 bridgehead atoms. The lowest BCUT2D eigenvalue weighted by Gasteiger charge is -2.27. The van der Waals surface area contributed by atoms with E-state index in [1.54, 1.807) is 12.1 Å². The molecule has 1 amide bonds. The molecule has 2 aromatic rings. The van der Waals surface area contributed by atoms with Crippen molar-refractivity contribution < 1.29 is 9.53 Å². The number of rotatable bonds is 4. The summed E-state index contributed by atoms with van der Waals surface area (Å²) in [5.41, 5.74) is 2.12. The van der Waals surface area contributed by atoms with Crippen molar-refractivity contribution >= 4 is 23.2 Å². The van der Waals surface area contributed by atoms with Gasteiger partial charge in [-0.1, -0.05) is 17.7 Å². The second-order valence-electron chi connectivity index (χ2n) is 5.12. The third kappa shape index (κ3) is 3.65. The topological polar surface area (TPSA) is 70.2 Å². The van der Waals surface area contributed by atoms with E-state index in [2.05, 4.69) is 20.4 Å². The number of amides is 1. The smallest absolute Gasteiger partial charge is 0.273 e. The molecule has 0 aliphatic carbocycles. The molecule has 1 aliphatic rings. The van der Waals surface area contributed by atoms with Crippen LogP contribution in [0.15, 0.2) is 30.5 Å². The standard InChI is InChI=1S/C15H17ClN4O2/c16-13-9-12(18-15(21)14-3-4-17-19-14)2-1-11(13)10-20-5-7-22-8-6-20/h1-4,9H,5-8,10H2,(H,17,19)(H,18,21). The molecule has 6 nitrogen and oxygen atoms in total. The fourth-order valence-corrected chi connectivity index (χ4v) is 2.57. The number of hydrogen-bond acceptors (Lipinski definition) is 4. The normalized spacial score (nSPS) is 15.7. The SMILES string of the molecule is O=C(Nc1ccc(CN2CCOCC2)c(Cl)c1)c1ccn[nH]1. The van der Waals surface area contributed by atoms with Crippen molar-refractivity contribution in [2.75, 3.05) is 31.6 Å². The number of halogens is 1. The van der Waals surface area contributed by atoms with Gasteiger partial charge >= 0.3 is 0 Å². The van der Waals surface area contributed by atoms with Gasteiger partial charge in [-0.15, -0.1) is 0 Å². The maximum Gasteiger partial charge on any atom is 0.273 e. The number of carbonyl (C=O) groups is 1. The second kappa shape index (κ2) is 6.91. The maximum absolute atomic E-state index is 11.9. The Morgan fingerprint density at radius 1 is 1.36 bits per heavy atom. The lowest BCUT2D eigenvalue weighted by molar-refractivity contribution is 0.0342. The van der Waals surface area contributed by atoms with Crippen LogP contribution in [-0.2, 0) is 11.3 Å². The lowest BCUT2D eigenvalue weighted by Crippen LogP contribution is -2.35. The van der Waals surface area contributed by atoms with Gasteiger partial charge in [0.25, 0.3) is 5.91 Å². The van der Waals surface area contributed by atoms with E-state index in [-0.39, 0.29) is 5.91 Å². The van der Waals surface area contributed by atoms with Crippen molar-refractivity contribution in [2.24, 2.45) is 0 Å². The molecule has 1 saturated heterocycles. The molecule has 1 aromatic carbocycles. The van der Waals surface area contributed by atoms with Crippen LogP contribution >= 0.6 is 11.6 Å². The molecule has 2 N–H and O–H groups in total. The van der Waals surface area contributed by atoms with Crippen LogP contribution in [-0.4, -0.2) is 47.3 Å². The number of ether oxygens (including phenoxy) is 1. The first-order valence-electron chi connectivity index (χ1n) is 7.11. The minimum absolute atomic E-state index is 0.241. The van der Waals surface area contributed by atoms with Crippen molar-refractivity contribution in [3.63, 3.8) is 0 Å². The summed E-state index contributed by atoms with van der Waals surface area (Å²) in [7, 11) is 0. The molecule has 0 radical (unpaired) electrons. The quantitative estimate of drug-likeness (QED) is 0.905. The highest BCUT2D eigenvalue weighted by atomic mass is 35.5. The van der Waals surface area contributed by atoms with E-state index in [1.165, 1.54) is 6.20 Å². The summed E-state index contributed by atoms with van der Waals surface area (Å²) in [5, 5.41) is 9.81. The second-order valence-corrected chi connectivity index (χ2v) is 5.53. The van der Waals surface area contributed by atoms with Crippen LogP contribution in [0, 0.1) is 0 Å². The summed E-state index contributed by atoms with van der Waals surface area (Å²) in [6, 6.07) is 7.19. The molecule has 0 atom stereocenters. The molecule has 0 spiro atoms. The van der Waals surface area contributed by atoms with E-state index in [4.69, 9.17) is 16.3 Å². The molecule has 0 unspecified atom stereocenters. The third-order valence-electron chi connectivity index (χ3n) is 3.55. The predicted molar refractivity (Wildman–Crippen MR) is 84.1 cm³/mol. The Kier molecular flexibility index (Phi) is 4.72. The highest BCUT2D eigenvalue weighted by Crippen LogP contribution is 2.23. The first kappa shape index (κ1) is 15.0. The van der Waals surface area contributed by atoms with E-state index >= 15 is 0 Å². The van der Waals surface area contributed by atoms with Gasteiger partial charge in [0.15, 0.2) is 0 Å². The number of nitrogens with one attached hydrogen (secondary N) is 2. The highest BCUT2D eigenvalue weighted by molar-refractivity contribution is 6.31. The van der Waals surface area contributed by atoms with Gasteiger partial charge in [0.05, 0.1) is 13.2 Å². The summed E-state index contributed by atoms with van der Waals surface area (Å²) in [6.45, 7) is 4.13. The first-order valence-corrected chi connectivity index (χ1v) is 7.49. The number of morpholine rings is 1. The summed E-state index contributed by atoms with van der Waals surface area (Å²) in [5.74, 6) is -0.241. The van der Waals surface area contributed by atoms with Crippen LogP contribution in [0.5, 0.6) is 0 Å². The van der Waals surface area contributed by atoms with Gasteiger partial charge in [-0.2, -0.15) is 5.10 Å². The summed E-state index contributed by atoms with van der Waals surface area (Å²) in [4.78, 5) is 14.2. The van der Waals surface area contributed by atoms with Gasteiger partial charge in [-0.25, -0.2) is 0 Å². The summed E-state index contributed by atoms with van der Waals surface area (Å²) >= 11 is 6.33. The molecule has 1 fully saturated rings. The van der Waals surface area contributed by atoms with Crippen molar-refractivity contribution in [3.05, 3.63) is 46.7 Å². The molecule has 22 heavy (non-hydrogen) atoms. The predicted octanol–water partition coefficient (Wildman–Crippen LogP) is 2.15. The summed E-state index contributed by atoms with van der Waals surface area (Å²) < 4.78 is 5.34. The van der Waals surface area contributed by atoms with Crippen molar-refractivity contribution in [1.29, 1.82) is 0 Å². The molecule has 0 saturated carbocycles. The Morgan fingerprint density at radius 3 is 2.86 bits per heavy atom. The van der Waals surface area contributed by atoms with Crippen LogP contribution in [0.3, 0.4) is 0 Å². The van der Waals surface area contributed by atoms with Gasteiger partial charge in [0, 0.05) is 36.5 Å². The fourth-order valence-electron chi connectivity index (χ4n) is 2.33. The monoisotopic (exact) mass is 320 g/mol. The van der Waals surface area contributed by atoms with Gasteiger partial charge in [0.2, 0.25) is 0 Å². The fraction of sp³-hybridized carbons (Fsp3) is 0.333. The van der Waals surface area contributed by atoms with Crippen LogP contribution < -0.4 is 5.32 Å². The highest BCUT2D eigenvalue weighted by Gasteiger charge is 2.13. The van der Waals surface area contributed by atoms with E-state index in [9.17, 15) is 4.79 Å². The molecule has 1 aliphatic heterocycles. The minimum Gasteiger partial charge on any atom is -0.379 e. The molecule has 7 heteroatoms. The number of aromatic amines is 1. The number of hydrogen-bond donors (Lipinski definition) is 2. The zero-order valence-electron chi connectivity index (χ0n) is 12.0. The largest absolute Gasteiger partial charge is 0.379 e. The third-order valence-corrected chi connectivity index (χ3v) is 3.91. The number of benzene rings is 1. The number of nitrogens with zero attached hydrogens (tertiary/aromatic N) is 2. The zero-order chi connectivity index (χ0) is 15.4. The van der Waals surface area contributed by atoms with Crippen LogP contribution in [0.4, 0.5) is 5.69 Å². The number of aromatic nitrogens is 2. The average molecular weight is 321 g/mol. The Hall–Kier alpha value is -1.89. The molecule has 3 rings (SSSR count). The lowest BCUT2D eigenvalue weighted by atomic mass is 10.2. The van der Waals surface area contributed by atoms with E-state index in [0.717, 1.165) is 38.4 Å². The van der Waals surface area contributed by atoms with Gasteiger partial charge in [-0.05, 0) is 23.8 Å². The van der Waals surface area contributed by atoms with E-state index in [1.807, 2.05) is 12.1 Å². The van der Waals surface area contributed by atoms with E-state index < -0.39 is 0 Å². The summed E-state index contributed by atoms with van der Waals surface area (Å²) in [6.07, 6.45) is 1.54. The van der Waals surface area contributed by atoms with Crippen molar-refractivity contribution in [1.82, 2.24) is 15.1 Å². The van der Waals surface area contributed by atoms with Crippen LogP contribution in [0.25, 0.3) is 0 Å². The Balaban J connectivity index is 1.65. The number of H-pyrrole nitrogens is 1. The maximum atomic E-state index is 11.9. The minimum atomic E-state index is -0.241. The van der Waals surface area contributed by atoms with Gasteiger partial charge in [-0.3, -0.25) is 14.8 Å². The van der Waals surface area contributed by atoms with Crippen molar-refractivity contribution in [3.8, 4) is 0 Å². The van der Waals surface area contributed by atoms with Crippen LogP contribution in [0.2, 0.25) is 5.02 Å².